The average molecular weight is 482 g/mol. The molecule has 1 aromatic rings. The molecule has 0 spiro atoms. The van der Waals surface area contributed by atoms with E-state index in [1.807, 2.05) is 6.20 Å². The van der Waals surface area contributed by atoms with E-state index >= 15 is 0 Å². The van der Waals surface area contributed by atoms with Crippen molar-refractivity contribution in [2.45, 2.75) is 118 Å². The lowest BCUT2D eigenvalue weighted by Crippen LogP contribution is -2.70. The van der Waals surface area contributed by atoms with Crippen molar-refractivity contribution in [2.75, 3.05) is 0 Å². The van der Waals surface area contributed by atoms with Gasteiger partial charge in [0, 0.05) is 16.4 Å². The lowest BCUT2D eigenvalue weighted by molar-refractivity contribution is -0.261. The summed E-state index contributed by atoms with van der Waals surface area (Å²) in [4.78, 5) is 12.7. The standard InChI is InChI=1S/C31H47NO3/c1-26(2)10-12-31(18-33)13-11-30(7)24(20(31)16-26)21(34)14-23-28(5)15-19-17-32-35-25(19)27(3,4)22(28)8-9-29(23,30)6/h17-18,20-24,34H,8-16H2,1-7H3/t20-,21+,22-,23+,24-,28-,29+,30+,31+/m0/s1. The van der Waals surface area contributed by atoms with Crippen LogP contribution in [0, 0.1) is 50.7 Å². The molecule has 0 saturated heterocycles. The Morgan fingerprint density at radius 2 is 1.69 bits per heavy atom. The van der Waals surface area contributed by atoms with Crippen LogP contribution in [0.25, 0.3) is 0 Å². The zero-order chi connectivity index (χ0) is 25.2. The highest BCUT2D eigenvalue weighted by atomic mass is 16.5. The Bertz CT molecular complexity index is 1040. The predicted octanol–water partition coefficient (Wildman–Crippen LogP) is 6.74. The van der Waals surface area contributed by atoms with E-state index in [9.17, 15) is 9.90 Å². The van der Waals surface area contributed by atoms with E-state index in [2.05, 4.69) is 53.6 Å². The lowest BCUT2D eigenvalue weighted by Gasteiger charge is -2.73. The van der Waals surface area contributed by atoms with E-state index < -0.39 is 0 Å². The second-order valence-electron chi connectivity index (χ2n) is 15.7. The van der Waals surface area contributed by atoms with E-state index in [0.717, 1.165) is 50.7 Å². The zero-order valence-electron chi connectivity index (χ0n) is 23.1. The molecule has 0 amide bonds. The molecule has 194 valence electrons. The number of carbonyl (C=O) groups is 1. The van der Waals surface area contributed by atoms with Gasteiger partial charge in [0.1, 0.15) is 12.0 Å². The van der Waals surface area contributed by atoms with Crippen LogP contribution in [0.5, 0.6) is 0 Å². The normalized spacial score (nSPS) is 51.7. The van der Waals surface area contributed by atoms with Gasteiger partial charge in [-0.3, -0.25) is 0 Å². The third kappa shape index (κ3) is 2.84. The van der Waals surface area contributed by atoms with Crippen LogP contribution in [0.15, 0.2) is 10.7 Å². The quantitative estimate of drug-likeness (QED) is 0.451. The maximum Gasteiger partial charge on any atom is 0.145 e. The minimum atomic E-state index is -0.334. The number of fused-ring (bicyclic) bond motifs is 8. The SMILES string of the molecule is CC1(C)CC[C@]2(C=O)CC[C@]3(C)[C@H]([C@H](O)C[C@@H]4[C@@]5(C)Cc6cnoc6C(C)(C)[C@@H]5CC[C@]43C)[C@@H]2C1. The van der Waals surface area contributed by atoms with E-state index in [1.165, 1.54) is 24.7 Å². The summed E-state index contributed by atoms with van der Waals surface area (Å²) in [5.74, 6) is 2.57. The highest BCUT2D eigenvalue weighted by Gasteiger charge is 2.72. The molecular formula is C31H47NO3. The maximum absolute atomic E-state index is 12.7. The summed E-state index contributed by atoms with van der Waals surface area (Å²) < 4.78 is 5.82. The number of carbonyl (C=O) groups excluding carboxylic acids is 1. The Morgan fingerprint density at radius 3 is 2.40 bits per heavy atom. The van der Waals surface area contributed by atoms with Gasteiger partial charge in [0.15, 0.2) is 0 Å². The van der Waals surface area contributed by atoms with Gasteiger partial charge in [-0.15, -0.1) is 0 Å². The van der Waals surface area contributed by atoms with Crippen LogP contribution in [0.4, 0.5) is 0 Å². The minimum Gasteiger partial charge on any atom is -0.393 e. The van der Waals surface area contributed by atoms with Crippen LogP contribution >= 0.6 is 0 Å². The fourth-order valence-electron chi connectivity index (χ4n) is 11.6. The molecular weight excluding hydrogens is 434 g/mol. The molecule has 0 unspecified atom stereocenters. The molecule has 1 heterocycles. The third-order valence-electron chi connectivity index (χ3n) is 13.5. The lowest BCUT2D eigenvalue weighted by atomic mass is 9.31. The molecule has 4 heteroatoms. The Morgan fingerprint density at radius 1 is 0.971 bits per heavy atom. The zero-order valence-corrected chi connectivity index (χ0v) is 23.1. The maximum atomic E-state index is 12.7. The number of hydrogen-bond acceptors (Lipinski definition) is 4. The van der Waals surface area contributed by atoms with Gasteiger partial charge >= 0.3 is 0 Å². The van der Waals surface area contributed by atoms with Gasteiger partial charge in [-0.25, -0.2) is 0 Å². The molecule has 35 heavy (non-hydrogen) atoms. The largest absolute Gasteiger partial charge is 0.393 e. The molecule has 4 fully saturated rings. The highest BCUT2D eigenvalue weighted by Crippen LogP contribution is 2.76. The van der Waals surface area contributed by atoms with E-state index in [4.69, 9.17) is 4.52 Å². The van der Waals surface area contributed by atoms with Crippen molar-refractivity contribution in [3.8, 4) is 0 Å². The first-order valence-corrected chi connectivity index (χ1v) is 14.3. The Hall–Kier alpha value is -1.16. The van der Waals surface area contributed by atoms with Gasteiger partial charge in [-0.05, 0) is 103 Å². The Balaban J connectivity index is 1.45. The molecule has 0 aliphatic heterocycles. The molecule has 9 atom stereocenters. The molecule has 6 rings (SSSR count). The number of aldehydes is 1. The summed E-state index contributed by atoms with van der Waals surface area (Å²) in [6.07, 6.45) is 12.5. The van der Waals surface area contributed by atoms with Gasteiger partial charge in [0.2, 0.25) is 0 Å². The summed E-state index contributed by atoms with van der Waals surface area (Å²) in [5, 5.41) is 16.3. The van der Waals surface area contributed by atoms with Gasteiger partial charge in [-0.1, -0.05) is 53.6 Å². The fourth-order valence-corrected chi connectivity index (χ4v) is 11.6. The molecule has 5 aliphatic rings. The molecule has 0 aromatic carbocycles. The van der Waals surface area contributed by atoms with Crippen molar-refractivity contribution < 1.29 is 14.4 Å². The average Bonchev–Trinajstić information content (AvgIpc) is 3.24. The van der Waals surface area contributed by atoms with Crippen molar-refractivity contribution in [3.05, 3.63) is 17.5 Å². The number of aromatic nitrogens is 1. The molecule has 0 bridgehead atoms. The minimum absolute atomic E-state index is 0.0461. The van der Waals surface area contributed by atoms with Crippen molar-refractivity contribution in [1.82, 2.24) is 5.16 Å². The number of hydrogen-bond donors (Lipinski definition) is 1. The summed E-state index contributed by atoms with van der Waals surface area (Å²) in [6.45, 7) is 17.1. The van der Waals surface area contributed by atoms with Crippen LogP contribution in [-0.2, 0) is 16.6 Å². The second kappa shape index (κ2) is 7.03. The first kappa shape index (κ1) is 24.2. The van der Waals surface area contributed by atoms with Crippen molar-refractivity contribution >= 4 is 6.29 Å². The van der Waals surface area contributed by atoms with E-state index in [1.54, 1.807) is 0 Å². The monoisotopic (exact) mass is 481 g/mol. The highest BCUT2D eigenvalue weighted by molar-refractivity contribution is 5.61. The smallest absolute Gasteiger partial charge is 0.145 e. The number of nitrogens with zero attached hydrogens (tertiary/aromatic N) is 1. The number of aliphatic hydroxyl groups is 1. The van der Waals surface area contributed by atoms with Crippen molar-refractivity contribution in [1.29, 1.82) is 0 Å². The van der Waals surface area contributed by atoms with Crippen LogP contribution in [0.3, 0.4) is 0 Å². The first-order chi connectivity index (χ1) is 16.2. The molecule has 1 N–H and O–H groups in total. The summed E-state index contributed by atoms with van der Waals surface area (Å²) in [6, 6.07) is 0. The second-order valence-corrected chi connectivity index (χ2v) is 15.7. The van der Waals surface area contributed by atoms with Gasteiger partial charge < -0.3 is 14.4 Å². The third-order valence-corrected chi connectivity index (χ3v) is 13.5. The summed E-state index contributed by atoms with van der Waals surface area (Å²) >= 11 is 0. The van der Waals surface area contributed by atoms with E-state index in [0.29, 0.717) is 17.8 Å². The topological polar surface area (TPSA) is 63.3 Å². The number of aliphatic hydroxyl groups excluding tert-OH is 1. The molecule has 5 aliphatic carbocycles. The Labute approximate surface area is 212 Å². The molecule has 4 nitrogen and oxygen atoms in total. The molecule has 4 saturated carbocycles. The van der Waals surface area contributed by atoms with E-state index in [-0.39, 0.29) is 44.5 Å². The van der Waals surface area contributed by atoms with Crippen LogP contribution in [-0.4, -0.2) is 22.7 Å². The fraction of sp³-hybridized carbons (Fsp3) is 0.871. The summed E-state index contributed by atoms with van der Waals surface area (Å²) in [5.41, 5.74) is 1.56. The molecule has 1 aromatic heterocycles. The predicted molar refractivity (Wildman–Crippen MR) is 137 cm³/mol. The summed E-state index contributed by atoms with van der Waals surface area (Å²) in [7, 11) is 0. The van der Waals surface area contributed by atoms with Gasteiger partial charge in [0.25, 0.3) is 0 Å². The Kier molecular flexibility index (Phi) is 4.86. The van der Waals surface area contributed by atoms with Crippen molar-refractivity contribution in [3.63, 3.8) is 0 Å². The van der Waals surface area contributed by atoms with Gasteiger partial charge in [0.05, 0.1) is 12.3 Å². The van der Waals surface area contributed by atoms with Gasteiger partial charge in [-0.2, -0.15) is 0 Å². The first-order valence-electron chi connectivity index (χ1n) is 14.3. The van der Waals surface area contributed by atoms with Crippen molar-refractivity contribution in [2.24, 2.45) is 50.7 Å². The number of rotatable bonds is 1. The molecule has 0 radical (unpaired) electrons. The van der Waals surface area contributed by atoms with Crippen LogP contribution < -0.4 is 0 Å². The van der Waals surface area contributed by atoms with Crippen LogP contribution in [0.1, 0.15) is 111 Å². The van der Waals surface area contributed by atoms with Crippen LogP contribution in [0.2, 0.25) is 0 Å².